The van der Waals surface area contributed by atoms with E-state index < -0.39 is 5.41 Å². The lowest BCUT2D eigenvalue weighted by Gasteiger charge is -2.33. The quantitative estimate of drug-likeness (QED) is 0.163. The second-order valence-corrected chi connectivity index (χ2v) is 14.8. The second kappa shape index (κ2) is 13.4. The average Bonchev–Trinajstić information content (AvgIpc) is 3.82. The molecule has 0 bridgehead atoms. The minimum absolute atomic E-state index is 0.412. The van der Waals surface area contributed by atoms with Crippen molar-refractivity contribution < 1.29 is 4.42 Å². The van der Waals surface area contributed by atoms with Crippen molar-refractivity contribution in [2.24, 2.45) is 0 Å². The average molecular weight is 728 g/mol. The van der Waals surface area contributed by atoms with E-state index in [9.17, 15) is 0 Å². The molecule has 0 N–H and O–H groups in total. The number of hydrogen-bond donors (Lipinski definition) is 0. The van der Waals surface area contributed by atoms with E-state index in [-0.39, 0.29) is 0 Å². The Bertz CT molecular complexity index is 3000. The van der Waals surface area contributed by atoms with Gasteiger partial charge in [-0.25, -0.2) is 0 Å². The fraction of sp³-hybridized carbons (Fsp3) is 0.0182. The first kappa shape index (κ1) is 33.0. The zero-order valence-electron chi connectivity index (χ0n) is 31.2. The third-order valence-corrected chi connectivity index (χ3v) is 11.8. The molecule has 0 aliphatic heterocycles. The highest BCUT2D eigenvalue weighted by molar-refractivity contribution is 6.10. The molecule has 2 heteroatoms. The third-order valence-electron chi connectivity index (χ3n) is 11.8. The highest BCUT2D eigenvalue weighted by atomic mass is 16.3. The Morgan fingerprint density at radius 3 is 1.54 bits per heavy atom. The van der Waals surface area contributed by atoms with Crippen molar-refractivity contribution >= 4 is 39.0 Å². The Morgan fingerprint density at radius 2 is 0.860 bits per heavy atom. The molecule has 0 spiro atoms. The standard InChI is InChI=1S/C55H37NO/c1-4-15-38(16-5-1)39-27-32-44(33-28-39)56(52-25-14-23-48-47-22-11-13-26-53(47)57-54(48)52)45-34-29-40(30-35-45)41-31-36-51-49(37-41)46-21-10-12-24-50(46)55(51,42-17-6-2-7-18-42)43-19-8-3-9-20-43/h1-37H. The van der Waals surface area contributed by atoms with Gasteiger partial charge in [-0.15, -0.1) is 0 Å². The predicted molar refractivity (Wildman–Crippen MR) is 237 cm³/mol. The van der Waals surface area contributed by atoms with Crippen LogP contribution >= 0.6 is 0 Å². The molecule has 0 unspecified atom stereocenters. The molecular formula is C55H37NO. The maximum Gasteiger partial charge on any atom is 0.159 e. The van der Waals surface area contributed by atoms with Gasteiger partial charge in [-0.2, -0.15) is 0 Å². The van der Waals surface area contributed by atoms with E-state index in [0.29, 0.717) is 0 Å². The zero-order chi connectivity index (χ0) is 37.8. The number of anilines is 3. The van der Waals surface area contributed by atoms with E-state index in [1.807, 2.05) is 12.1 Å². The fourth-order valence-corrected chi connectivity index (χ4v) is 9.20. The first-order valence-electron chi connectivity index (χ1n) is 19.6. The molecule has 0 saturated heterocycles. The number of benzene rings is 9. The van der Waals surface area contributed by atoms with Crippen LogP contribution in [0.15, 0.2) is 229 Å². The molecule has 1 heterocycles. The van der Waals surface area contributed by atoms with Gasteiger partial charge in [0.25, 0.3) is 0 Å². The van der Waals surface area contributed by atoms with Gasteiger partial charge >= 0.3 is 0 Å². The van der Waals surface area contributed by atoms with E-state index >= 15 is 0 Å². The minimum atomic E-state index is -0.412. The Morgan fingerprint density at radius 1 is 0.351 bits per heavy atom. The Labute approximate surface area is 332 Å². The van der Waals surface area contributed by atoms with Crippen LogP contribution in [0.2, 0.25) is 0 Å². The lowest BCUT2D eigenvalue weighted by atomic mass is 9.67. The van der Waals surface area contributed by atoms with Crippen LogP contribution < -0.4 is 4.90 Å². The summed E-state index contributed by atoms with van der Waals surface area (Å²) in [4.78, 5) is 2.32. The molecule has 9 aromatic carbocycles. The van der Waals surface area contributed by atoms with Gasteiger partial charge in [0.2, 0.25) is 0 Å². The summed E-state index contributed by atoms with van der Waals surface area (Å²) >= 11 is 0. The molecule has 268 valence electrons. The van der Waals surface area contributed by atoms with Gasteiger partial charge in [-0.3, -0.25) is 0 Å². The zero-order valence-corrected chi connectivity index (χ0v) is 31.2. The maximum atomic E-state index is 6.60. The summed E-state index contributed by atoms with van der Waals surface area (Å²) in [5.41, 5.74) is 16.9. The van der Waals surface area contributed by atoms with E-state index in [1.165, 1.54) is 50.1 Å². The van der Waals surface area contributed by atoms with Gasteiger partial charge in [0.1, 0.15) is 5.58 Å². The van der Waals surface area contributed by atoms with Crippen molar-refractivity contribution in [1.82, 2.24) is 0 Å². The summed E-state index contributed by atoms with van der Waals surface area (Å²) in [6, 6.07) is 81.0. The molecule has 0 amide bonds. The van der Waals surface area contributed by atoms with E-state index in [4.69, 9.17) is 4.42 Å². The van der Waals surface area contributed by atoms with Crippen LogP contribution in [0.4, 0.5) is 17.1 Å². The molecular weight excluding hydrogens is 691 g/mol. The van der Waals surface area contributed by atoms with E-state index in [2.05, 4.69) is 217 Å². The molecule has 0 atom stereocenters. The number of fused-ring (bicyclic) bond motifs is 6. The summed E-state index contributed by atoms with van der Waals surface area (Å²) < 4.78 is 6.60. The summed E-state index contributed by atoms with van der Waals surface area (Å²) in [6.07, 6.45) is 0. The van der Waals surface area contributed by atoms with Crippen molar-refractivity contribution in [1.29, 1.82) is 0 Å². The SMILES string of the molecule is c1ccc(-c2ccc(N(c3ccc(-c4ccc5c(c4)-c4ccccc4C5(c4ccccc4)c4ccccc4)cc3)c3cccc4c3oc3ccccc34)cc2)cc1. The highest BCUT2D eigenvalue weighted by Crippen LogP contribution is 2.56. The minimum Gasteiger partial charge on any atom is -0.454 e. The Hall–Kier alpha value is -7.42. The van der Waals surface area contributed by atoms with Gasteiger partial charge in [-0.1, -0.05) is 182 Å². The molecule has 10 aromatic rings. The Kier molecular flexibility index (Phi) is 7.75. The monoisotopic (exact) mass is 727 g/mol. The van der Waals surface area contributed by atoms with Gasteiger partial charge < -0.3 is 9.32 Å². The summed E-state index contributed by atoms with van der Waals surface area (Å²) in [5, 5.41) is 2.22. The lowest BCUT2D eigenvalue weighted by Crippen LogP contribution is -2.28. The van der Waals surface area contributed by atoms with Crippen LogP contribution in [0, 0.1) is 0 Å². The summed E-state index contributed by atoms with van der Waals surface area (Å²) in [7, 11) is 0. The van der Waals surface area contributed by atoms with Crippen LogP contribution in [0.1, 0.15) is 22.3 Å². The molecule has 1 aliphatic carbocycles. The van der Waals surface area contributed by atoms with E-state index in [0.717, 1.165) is 44.6 Å². The van der Waals surface area contributed by atoms with Gasteiger partial charge in [-0.05, 0) is 98.1 Å². The smallest absolute Gasteiger partial charge is 0.159 e. The summed E-state index contributed by atoms with van der Waals surface area (Å²) in [5.74, 6) is 0. The topological polar surface area (TPSA) is 16.4 Å². The fourth-order valence-electron chi connectivity index (χ4n) is 9.20. The maximum absolute atomic E-state index is 6.60. The molecule has 0 fully saturated rings. The molecule has 0 radical (unpaired) electrons. The van der Waals surface area contributed by atoms with Crippen molar-refractivity contribution in [2.75, 3.05) is 4.90 Å². The number of nitrogens with zero attached hydrogens (tertiary/aromatic N) is 1. The van der Waals surface area contributed by atoms with Crippen LogP contribution in [0.5, 0.6) is 0 Å². The van der Waals surface area contributed by atoms with Crippen LogP contribution in [-0.2, 0) is 5.41 Å². The van der Waals surface area contributed by atoms with Gasteiger partial charge in [0.05, 0.1) is 11.1 Å². The number of para-hydroxylation sites is 2. The first-order chi connectivity index (χ1) is 28.3. The third kappa shape index (κ3) is 5.26. The number of rotatable bonds is 7. The predicted octanol–water partition coefficient (Wildman–Crippen LogP) is 14.8. The van der Waals surface area contributed by atoms with E-state index in [1.54, 1.807) is 0 Å². The van der Waals surface area contributed by atoms with Crippen molar-refractivity contribution in [3.63, 3.8) is 0 Å². The first-order valence-corrected chi connectivity index (χ1v) is 19.6. The molecule has 1 aromatic heterocycles. The van der Waals surface area contributed by atoms with Crippen LogP contribution in [0.25, 0.3) is 55.3 Å². The van der Waals surface area contributed by atoms with Crippen molar-refractivity contribution in [2.45, 2.75) is 5.41 Å². The van der Waals surface area contributed by atoms with Crippen LogP contribution in [0.3, 0.4) is 0 Å². The van der Waals surface area contributed by atoms with Crippen molar-refractivity contribution in [3.8, 4) is 33.4 Å². The normalized spacial score (nSPS) is 12.7. The number of furan rings is 1. The second-order valence-electron chi connectivity index (χ2n) is 14.8. The molecule has 11 rings (SSSR count). The van der Waals surface area contributed by atoms with Gasteiger partial charge in [0.15, 0.2) is 5.58 Å². The molecule has 2 nitrogen and oxygen atoms in total. The van der Waals surface area contributed by atoms with Crippen molar-refractivity contribution in [3.05, 3.63) is 247 Å². The van der Waals surface area contributed by atoms with Gasteiger partial charge in [0, 0.05) is 22.1 Å². The van der Waals surface area contributed by atoms with Crippen LogP contribution in [-0.4, -0.2) is 0 Å². The number of hydrogen-bond acceptors (Lipinski definition) is 2. The molecule has 1 aliphatic rings. The lowest BCUT2D eigenvalue weighted by molar-refractivity contribution is 0.669. The Balaban J connectivity index is 1.04. The molecule has 57 heavy (non-hydrogen) atoms. The summed E-state index contributed by atoms with van der Waals surface area (Å²) in [6.45, 7) is 0. The highest BCUT2D eigenvalue weighted by Gasteiger charge is 2.45. The molecule has 0 saturated carbocycles. The largest absolute Gasteiger partial charge is 0.454 e.